The fraction of sp³-hybridized carbons (Fsp3) is 0.500. The van der Waals surface area contributed by atoms with Crippen LogP contribution in [0.25, 0.3) is 0 Å². The molecule has 7 heteroatoms. The normalized spacial score (nSPS) is 12.3. The van der Waals surface area contributed by atoms with Gasteiger partial charge in [-0.15, -0.1) is 11.3 Å². The van der Waals surface area contributed by atoms with Crippen LogP contribution in [0, 0.1) is 5.92 Å². The predicted octanol–water partition coefficient (Wildman–Crippen LogP) is 4.65. The molecule has 1 N–H and O–H groups in total. The summed E-state index contributed by atoms with van der Waals surface area (Å²) in [7, 11) is 0. The maximum atomic E-state index is 12.7. The lowest BCUT2D eigenvalue weighted by molar-refractivity contribution is -0.137. The van der Waals surface area contributed by atoms with Crippen molar-refractivity contribution in [2.45, 2.75) is 59.9 Å². The second-order valence-electron chi connectivity index (χ2n) is 6.81. The van der Waals surface area contributed by atoms with Gasteiger partial charge in [-0.2, -0.15) is 0 Å². The minimum atomic E-state index is -0.0795. The number of nitrogens with zero attached hydrogens (tertiary/aromatic N) is 2. The molecule has 1 amide bonds. The van der Waals surface area contributed by atoms with Crippen molar-refractivity contribution in [2.75, 3.05) is 0 Å². The highest BCUT2D eigenvalue weighted by Crippen LogP contribution is 2.27. The van der Waals surface area contributed by atoms with E-state index in [2.05, 4.69) is 18.8 Å². The van der Waals surface area contributed by atoms with Crippen molar-refractivity contribution in [1.82, 2.24) is 9.88 Å². The van der Waals surface area contributed by atoms with Crippen LogP contribution in [0.3, 0.4) is 0 Å². The SMILES string of the molecule is CC[C@@H](C)N(Cc1cc(Cl)ccc1OCc1nc(CO)cs1)C(=O)C(C)C. The zero-order valence-electron chi connectivity index (χ0n) is 16.2. The van der Waals surface area contributed by atoms with E-state index in [1.807, 2.05) is 36.3 Å². The molecule has 0 aliphatic heterocycles. The highest BCUT2D eigenvalue weighted by Gasteiger charge is 2.23. The molecule has 1 aromatic heterocycles. The quantitative estimate of drug-likeness (QED) is 0.653. The lowest BCUT2D eigenvalue weighted by Gasteiger charge is -2.31. The molecule has 0 unspecified atom stereocenters. The standard InChI is InChI=1S/C20H27ClN2O3S/c1-5-14(4)23(20(25)13(2)3)9-15-8-16(21)6-7-18(15)26-11-19-22-17(10-24)12-27-19/h6-8,12-14,24H,5,9-11H2,1-4H3/t14-/m1/s1. The topological polar surface area (TPSA) is 62.7 Å². The van der Waals surface area contributed by atoms with E-state index >= 15 is 0 Å². The molecular weight excluding hydrogens is 384 g/mol. The third kappa shape index (κ3) is 5.92. The number of benzene rings is 1. The Kier molecular flexibility index (Phi) is 8.07. The van der Waals surface area contributed by atoms with Gasteiger partial charge in [0.2, 0.25) is 5.91 Å². The van der Waals surface area contributed by atoms with E-state index in [0.29, 0.717) is 29.6 Å². The molecule has 0 fully saturated rings. The summed E-state index contributed by atoms with van der Waals surface area (Å²) < 4.78 is 5.96. The summed E-state index contributed by atoms with van der Waals surface area (Å²) in [6, 6.07) is 5.57. The van der Waals surface area contributed by atoms with Crippen molar-refractivity contribution in [3.8, 4) is 5.75 Å². The summed E-state index contributed by atoms with van der Waals surface area (Å²) in [5.74, 6) is 0.725. The molecule has 0 saturated heterocycles. The van der Waals surface area contributed by atoms with Gasteiger partial charge < -0.3 is 14.7 Å². The molecular formula is C20H27ClN2O3S. The van der Waals surface area contributed by atoms with Crippen molar-refractivity contribution in [3.05, 3.63) is 44.9 Å². The monoisotopic (exact) mass is 410 g/mol. The summed E-state index contributed by atoms with van der Waals surface area (Å²) in [5.41, 5.74) is 1.51. The molecule has 0 spiro atoms. The first kappa shape index (κ1) is 21.7. The van der Waals surface area contributed by atoms with E-state index in [9.17, 15) is 4.79 Å². The number of ether oxygens (including phenoxy) is 1. The van der Waals surface area contributed by atoms with E-state index in [-0.39, 0.29) is 24.5 Å². The fourth-order valence-electron chi connectivity index (χ4n) is 2.63. The van der Waals surface area contributed by atoms with Gasteiger partial charge in [-0.1, -0.05) is 32.4 Å². The Morgan fingerprint density at radius 2 is 2.11 bits per heavy atom. The minimum Gasteiger partial charge on any atom is -0.486 e. The van der Waals surface area contributed by atoms with E-state index < -0.39 is 0 Å². The predicted molar refractivity (Wildman–Crippen MR) is 109 cm³/mol. The van der Waals surface area contributed by atoms with Crippen LogP contribution in [-0.4, -0.2) is 26.9 Å². The Bertz CT molecular complexity index is 763. The van der Waals surface area contributed by atoms with E-state index in [1.165, 1.54) is 11.3 Å². The van der Waals surface area contributed by atoms with Gasteiger partial charge in [0, 0.05) is 34.5 Å². The fourth-order valence-corrected chi connectivity index (χ4v) is 3.52. The van der Waals surface area contributed by atoms with Crippen molar-refractivity contribution < 1.29 is 14.6 Å². The molecule has 0 bridgehead atoms. The van der Waals surface area contributed by atoms with Crippen LogP contribution in [0.2, 0.25) is 5.02 Å². The lowest BCUT2D eigenvalue weighted by atomic mass is 10.1. The van der Waals surface area contributed by atoms with Crippen molar-refractivity contribution in [3.63, 3.8) is 0 Å². The van der Waals surface area contributed by atoms with E-state index in [0.717, 1.165) is 17.0 Å². The minimum absolute atomic E-state index is 0.0743. The number of aliphatic hydroxyl groups is 1. The number of carbonyl (C=O) groups is 1. The first-order valence-electron chi connectivity index (χ1n) is 9.11. The summed E-state index contributed by atoms with van der Waals surface area (Å²) in [5, 5.41) is 12.3. The summed E-state index contributed by atoms with van der Waals surface area (Å²) in [4.78, 5) is 18.9. The Morgan fingerprint density at radius 1 is 1.37 bits per heavy atom. The second-order valence-corrected chi connectivity index (χ2v) is 8.19. The smallest absolute Gasteiger partial charge is 0.225 e. The van der Waals surface area contributed by atoms with Gasteiger partial charge in [-0.25, -0.2) is 4.98 Å². The molecule has 1 atom stereocenters. The first-order chi connectivity index (χ1) is 12.8. The van der Waals surface area contributed by atoms with Crippen molar-refractivity contribution in [2.24, 2.45) is 5.92 Å². The summed E-state index contributed by atoms with van der Waals surface area (Å²) in [6.07, 6.45) is 0.873. The van der Waals surface area contributed by atoms with Gasteiger partial charge >= 0.3 is 0 Å². The van der Waals surface area contributed by atoms with Gasteiger partial charge in [-0.05, 0) is 31.5 Å². The van der Waals surface area contributed by atoms with Crippen LogP contribution in [0.5, 0.6) is 5.75 Å². The van der Waals surface area contributed by atoms with Crippen molar-refractivity contribution >= 4 is 28.8 Å². The van der Waals surface area contributed by atoms with Crippen LogP contribution in [0.15, 0.2) is 23.6 Å². The molecule has 1 aromatic carbocycles. The third-order valence-electron chi connectivity index (χ3n) is 4.38. The van der Waals surface area contributed by atoms with Gasteiger partial charge in [0.05, 0.1) is 12.3 Å². The van der Waals surface area contributed by atoms with Gasteiger partial charge in [-0.3, -0.25) is 4.79 Å². The number of aromatic nitrogens is 1. The van der Waals surface area contributed by atoms with Gasteiger partial charge in [0.15, 0.2) is 0 Å². The van der Waals surface area contributed by atoms with E-state index in [1.54, 1.807) is 6.07 Å². The maximum Gasteiger partial charge on any atom is 0.225 e. The zero-order chi connectivity index (χ0) is 20.0. The largest absolute Gasteiger partial charge is 0.486 e. The first-order valence-corrected chi connectivity index (χ1v) is 10.4. The van der Waals surface area contributed by atoms with Crippen LogP contribution >= 0.6 is 22.9 Å². The molecule has 0 radical (unpaired) electrons. The van der Waals surface area contributed by atoms with E-state index in [4.69, 9.17) is 21.4 Å². The number of aliphatic hydroxyl groups excluding tert-OH is 1. The Hall–Kier alpha value is -1.63. The molecule has 0 aliphatic rings. The molecule has 0 aliphatic carbocycles. The van der Waals surface area contributed by atoms with Crippen LogP contribution in [-0.2, 0) is 24.6 Å². The summed E-state index contributed by atoms with van der Waals surface area (Å²) >= 11 is 7.64. The average molecular weight is 411 g/mol. The Morgan fingerprint density at radius 3 is 2.70 bits per heavy atom. The maximum absolute atomic E-state index is 12.7. The Labute approximate surface area is 169 Å². The molecule has 2 rings (SSSR count). The zero-order valence-corrected chi connectivity index (χ0v) is 17.8. The number of rotatable bonds is 9. The van der Waals surface area contributed by atoms with Crippen LogP contribution in [0.1, 0.15) is 50.4 Å². The molecule has 2 aromatic rings. The molecule has 148 valence electrons. The average Bonchev–Trinajstić information content (AvgIpc) is 3.12. The van der Waals surface area contributed by atoms with Gasteiger partial charge in [0.25, 0.3) is 0 Å². The molecule has 1 heterocycles. The number of carbonyl (C=O) groups excluding carboxylic acids is 1. The summed E-state index contributed by atoms with van der Waals surface area (Å²) in [6.45, 7) is 8.62. The molecule has 5 nitrogen and oxygen atoms in total. The Balaban J connectivity index is 2.21. The van der Waals surface area contributed by atoms with Crippen molar-refractivity contribution in [1.29, 1.82) is 0 Å². The third-order valence-corrected chi connectivity index (χ3v) is 5.48. The number of amides is 1. The number of hydrogen-bond acceptors (Lipinski definition) is 5. The number of thiazole rings is 1. The van der Waals surface area contributed by atoms with Crippen LogP contribution < -0.4 is 4.74 Å². The van der Waals surface area contributed by atoms with Gasteiger partial charge in [0.1, 0.15) is 17.4 Å². The molecule has 0 saturated carbocycles. The number of halogens is 1. The second kappa shape index (κ2) is 10.1. The van der Waals surface area contributed by atoms with Crippen LogP contribution in [0.4, 0.5) is 0 Å². The highest BCUT2D eigenvalue weighted by molar-refractivity contribution is 7.09. The lowest BCUT2D eigenvalue weighted by Crippen LogP contribution is -2.40. The molecule has 27 heavy (non-hydrogen) atoms. The number of hydrogen-bond donors (Lipinski definition) is 1. The highest BCUT2D eigenvalue weighted by atomic mass is 35.5.